The van der Waals surface area contributed by atoms with Gasteiger partial charge in [-0.05, 0) is 18.9 Å². The number of hydrogen-bond acceptors (Lipinski definition) is 4. The fourth-order valence-electron chi connectivity index (χ4n) is 2.65. The molecule has 1 fully saturated rings. The van der Waals surface area contributed by atoms with Crippen LogP contribution in [-0.4, -0.2) is 20.9 Å². The minimum Gasteiger partial charge on any atom is -0.342 e. The number of azide groups is 1. The van der Waals surface area contributed by atoms with Gasteiger partial charge in [-0.25, -0.2) is 9.18 Å². The molecule has 4 atom stereocenters. The molecule has 0 aromatic carbocycles. The molecule has 0 radical (unpaired) electrons. The van der Waals surface area contributed by atoms with E-state index in [2.05, 4.69) is 10.0 Å². The first kappa shape index (κ1) is 15.3. The van der Waals surface area contributed by atoms with E-state index in [1.54, 1.807) is 13.8 Å². The molecule has 1 aromatic heterocycles. The van der Waals surface area contributed by atoms with E-state index in [-0.39, 0.29) is 6.42 Å². The van der Waals surface area contributed by atoms with Crippen LogP contribution in [0.25, 0.3) is 10.4 Å². The van der Waals surface area contributed by atoms with Crippen LogP contribution in [0.5, 0.6) is 0 Å². The minimum atomic E-state index is -1.95. The van der Waals surface area contributed by atoms with Crippen LogP contribution in [0, 0.1) is 5.92 Å². The maximum atomic E-state index is 15.1. The van der Waals surface area contributed by atoms with Crippen molar-refractivity contribution in [3.8, 4) is 0 Å². The molecule has 0 amide bonds. The third-order valence-corrected chi connectivity index (χ3v) is 4.15. The molecule has 1 aromatic rings. The fourth-order valence-corrected chi connectivity index (χ4v) is 2.65. The van der Waals surface area contributed by atoms with Gasteiger partial charge < -0.3 is 4.74 Å². The van der Waals surface area contributed by atoms with Crippen LogP contribution in [0.1, 0.15) is 33.4 Å². The van der Waals surface area contributed by atoms with Crippen LogP contribution in [0.3, 0.4) is 0 Å². The largest absolute Gasteiger partial charge is 0.342 e. The van der Waals surface area contributed by atoms with Gasteiger partial charge >= 0.3 is 5.69 Å². The Hall–Kier alpha value is -2.12. The summed E-state index contributed by atoms with van der Waals surface area (Å²) in [5, 5.41) is 3.60. The Balaban J connectivity index is 2.58. The molecule has 1 aliphatic rings. The van der Waals surface area contributed by atoms with E-state index in [1.165, 1.54) is 6.92 Å². The Labute approximate surface area is 119 Å². The molecule has 1 saturated heterocycles. The Morgan fingerprint density at radius 1 is 1.62 bits per heavy atom. The number of nitrogens with one attached hydrogen (secondary N) is 1. The zero-order chi connectivity index (χ0) is 15.8. The number of nitrogens with zero attached hydrogens (tertiary/aromatic N) is 4. The summed E-state index contributed by atoms with van der Waals surface area (Å²) in [6.07, 6.45) is 0.132. The highest BCUT2D eigenvalue weighted by Crippen LogP contribution is 2.52. The monoisotopic (exact) mass is 297 g/mol. The van der Waals surface area contributed by atoms with E-state index in [9.17, 15) is 9.59 Å². The topological polar surface area (TPSA) is 113 Å². The normalized spacial score (nSPS) is 35.4. The van der Waals surface area contributed by atoms with E-state index in [0.29, 0.717) is 0 Å². The highest BCUT2D eigenvalue weighted by molar-refractivity contribution is 5.05. The maximum Gasteiger partial charge on any atom is 0.330 e. The summed E-state index contributed by atoms with van der Waals surface area (Å²) in [5.74, 6) is -0.769. The molecule has 21 heavy (non-hydrogen) atoms. The number of H-pyrrole nitrogens is 1. The molecule has 2 heterocycles. The first-order chi connectivity index (χ1) is 9.78. The predicted octanol–water partition coefficient (Wildman–Crippen LogP) is 1.85. The van der Waals surface area contributed by atoms with Crippen LogP contribution in [-0.2, 0) is 4.74 Å². The van der Waals surface area contributed by atoms with Crippen molar-refractivity contribution in [3.05, 3.63) is 43.5 Å². The number of alkyl halides is 1. The van der Waals surface area contributed by atoms with Gasteiger partial charge in [0, 0.05) is 23.1 Å². The Bertz CT molecular complexity index is 705. The lowest BCUT2D eigenvalue weighted by atomic mass is 9.85. The average molecular weight is 297 g/mol. The summed E-state index contributed by atoms with van der Waals surface area (Å²) in [7, 11) is 0. The fraction of sp³-hybridized carbons (Fsp3) is 0.667. The molecule has 114 valence electrons. The molecule has 8 nitrogen and oxygen atoms in total. The minimum absolute atomic E-state index is 0.256. The van der Waals surface area contributed by atoms with Gasteiger partial charge in [-0.3, -0.25) is 14.3 Å². The van der Waals surface area contributed by atoms with Gasteiger partial charge in [-0.2, -0.15) is 0 Å². The predicted molar refractivity (Wildman–Crippen MR) is 72.3 cm³/mol. The molecular formula is C12H16FN5O3. The standard InChI is InChI=1S/C12H16FN5O3/c1-4-12(16-17-14)7(2)11(3,13)9(21-12)18-6-5-8(19)15-10(18)20/h5-7,9H,4H2,1-3H3,(H,15,19,20)/t7-,9+,11+,12+/m0/s1. The van der Waals surface area contributed by atoms with Gasteiger partial charge in [0.2, 0.25) is 0 Å². The Morgan fingerprint density at radius 3 is 2.81 bits per heavy atom. The van der Waals surface area contributed by atoms with Crippen LogP contribution in [0.2, 0.25) is 0 Å². The van der Waals surface area contributed by atoms with Crippen molar-refractivity contribution >= 4 is 0 Å². The van der Waals surface area contributed by atoms with Crippen molar-refractivity contribution in [1.82, 2.24) is 9.55 Å². The number of aromatic amines is 1. The Morgan fingerprint density at radius 2 is 2.29 bits per heavy atom. The van der Waals surface area contributed by atoms with Crippen LogP contribution in [0.15, 0.2) is 27.0 Å². The van der Waals surface area contributed by atoms with Crippen LogP contribution < -0.4 is 11.2 Å². The van der Waals surface area contributed by atoms with Crippen molar-refractivity contribution < 1.29 is 9.13 Å². The number of aromatic nitrogens is 2. The number of halogens is 1. The summed E-state index contributed by atoms with van der Waals surface area (Å²) in [6.45, 7) is 4.55. The highest BCUT2D eigenvalue weighted by atomic mass is 19.1. The average Bonchev–Trinajstić information content (AvgIpc) is 2.61. The van der Waals surface area contributed by atoms with Gasteiger partial charge in [0.05, 0.1) is 0 Å². The molecule has 0 spiro atoms. The second-order valence-corrected chi connectivity index (χ2v) is 5.25. The summed E-state index contributed by atoms with van der Waals surface area (Å²) >= 11 is 0. The lowest BCUT2D eigenvalue weighted by Gasteiger charge is -2.28. The number of rotatable bonds is 3. The second-order valence-electron chi connectivity index (χ2n) is 5.25. The van der Waals surface area contributed by atoms with E-state index >= 15 is 4.39 Å². The van der Waals surface area contributed by atoms with E-state index in [0.717, 1.165) is 16.8 Å². The molecule has 9 heteroatoms. The molecular weight excluding hydrogens is 281 g/mol. The summed E-state index contributed by atoms with van der Waals surface area (Å²) in [5.41, 5.74) is 4.01. The van der Waals surface area contributed by atoms with Crippen molar-refractivity contribution in [3.63, 3.8) is 0 Å². The number of hydrogen-bond donors (Lipinski definition) is 1. The van der Waals surface area contributed by atoms with E-state index < -0.39 is 34.8 Å². The van der Waals surface area contributed by atoms with Gasteiger partial charge in [0.1, 0.15) is 0 Å². The summed E-state index contributed by atoms with van der Waals surface area (Å²) in [6, 6.07) is 1.10. The van der Waals surface area contributed by atoms with Crippen molar-refractivity contribution in [2.75, 3.05) is 0 Å². The quantitative estimate of drug-likeness (QED) is 0.521. The molecule has 1 aliphatic heterocycles. The lowest BCUT2D eigenvalue weighted by Crippen LogP contribution is -2.40. The van der Waals surface area contributed by atoms with Gasteiger partial charge in [0.15, 0.2) is 17.6 Å². The SMILES string of the molecule is CC[C@@]1(N=[N+]=[N-])O[C@@H](n2ccc(=O)[nH]c2=O)[C@](C)(F)[C@@H]1C. The van der Waals surface area contributed by atoms with Crippen LogP contribution >= 0.6 is 0 Å². The van der Waals surface area contributed by atoms with Crippen molar-refractivity contribution in [2.45, 2.75) is 44.8 Å². The van der Waals surface area contributed by atoms with Crippen molar-refractivity contribution in [2.24, 2.45) is 11.0 Å². The van der Waals surface area contributed by atoms with Crippen LogP contribution in [0.4, 0.5) is 4.39 Å². The first-order valence-electron chi connectivity index (χ1n) is 6.53. The van der Waals surface area contributed by atoms with Gasteiger partial charge in [0.25, 0.3) is 5.56 Å². The summed E-state index contributed by atoms with van der Waals surface area (Å²) in [4.78, 5) is 27.7. The molecule has 1 N–H and O–H groups in total. The van der Waals surface area contributed by atoms with E-state index in [4.69, 9.17) is 10.3 Å². The van der Waals surface area contributed by atoms with Crippen molar-refractivity contribution in [1.29, 1.82) is 0 Å². The molecule has 0 aliphatic carbocycles. The third-order valence-electron chi connectivity index (χ3n) is 4.15. The zero-order valence-corrected chi connectivity index (χ0v) is 11.9. The molecule has 0 bridgehead atoms. The second kappa shape index (κ2) is 5.01. The molecule has 0 saturated carbocycles. The number of ether oxygens (including phenoxy) is 1. The first-order valence-corrected chi connectivity index (χ1v) is 6.53. The smallest absolute Gasteiger partial charge is 0.330 e. The lowest BCUT2D eigenvalue weighted by molar-refractivity contribution is -0.0969. The molecule has 2 rings (SSSR count). The Kier molecular flexibility index (Phi) is 3.65. The van der Waals surface area contributed by atoms with Gasteiger partial charge in [-0.1, -0.05) is 19.0 Å². The highest BCUT2D eigenvalue weighted by Gasteiger charge is 2.60. The third kappa shape index (κ3) is 2.24. The van der Waals surface area contributed by atoms with E-state index in [1.807, 2.05) is 4.98 Å². The maximum absolute atomic E-state index is 15.1. The summed E-state index contributed by atoms with van der Waals surface area (Å²) < 4.78 is 21.7. The van der Waals surface area contributed by atoms with Gasteiger partial charge in [-0.15, -0.1) is 0 Å². The molecule has 0 unspecified atom stereocenters. The zero-order valence-electron chi connectivity index (χ0n) is 11.9.